The van der Waals surface area contributed by atoms with Gasteiger partial charge in [0.15, 0.2) is 11.5 Å². The number of aliphatic hydroxyl groups is 1. The highest BCUT2D eigenvalue weighted by molar-refractivity contribution is 6.14. The topological polar surface area (TPSA) is 87.1 Å². The fourth-order valence-corrected chi connectivity index (χ4v) is 3.19. The number of carbonyl (C=O) groups is 2. The van der Waals surface area contributed by atoms with Crippen molar-refractivity contribution in [2.45, 2.75) is 6.04 Å². The van der Waals surface area contributed by atoms with Gasteiger partial charge in [0.25, 0.3) is 5.91 Å². The van der Waals surface area contributed by atoms with E-state index in [9.17, 15) is 19.8 Å². The number of aromatic hydroxyl groups is 1. The largest absolute Gasteiger partial charge is 0.508 e. The molecule has 1 aliphatic rings. The number of phenolic OH excluding ortho intramolecular Hbond substituents is 1. The highest BCUT2D eigenvalue weighted by atomic mass is 16.5. The Morgan fingerprint density at radius 3 is 2.57 bits per heavy atom. The summed E-state index contributed by atoms with van der Waals surface area (Å²) in [5, 5.41) is 20.3. The average Bonchev–Trinajstić information content (AvgIpc) is 2.96. The van der Waals surface area contributed by atoms with Crippen LogP contribution in [0.3, 0.4) is 0 Å². The van der Waals surface area contributed by atoms with Gasteiger partial charge in [-0.25, -0.2) is 0 Å². The number of nitrogens with zero attached hydrogens (tertiary/aromatic N) is 1. The van der Waals surface area contributed by atoms with E-state index < -0.39 is 23.5 Å². The highest BCUT2D eigenvalue weighted by Crippen LogP contribution is 2.38. The van der Waals surface area contributed by atoms with Gasteiger partial charge in [0.2, 0.25) is 0 Å². The molecule has 0 radical (unpaired) electrons. The van der Waals surface area contributed by atoms with E-state index in [0.717, 1.165) is 5.56 Å². The molecule has 0 fully saturated rings. The first-order valence-corrected chi connectivity index (χ1v) is 8.82. The minimum Gasteiger partial charge on any atom is -0.508 e. The van der Waals surface area contributed by atoms with Gasteiger partial charge in [-0.15, -0.1) is 0 Å². The summed E-state index contributed by atoms with van der Waals surface area (Å²) in [6, 6.07) is 14.8. The molecule has 2 N–H and O–H groups in total. The van der Waals surface area contributed by atoms with E-state index in [1.54, 1.807) is 18.2 Å². The van der Waals surface area contributed by atoms with Gasteiger partial charge in [-0.05, 0) is 29.3 Å². The number of amides is 1. The molecule has 1 atom stereocenters. The van der Waals surface area contributed by atoms with Crippen molar-refractivity contribution in [3.8, 4) is 5.75 Å². The van der Waals surface area contributed by atoms with Gasteiger partial charge in [-0.1, -0.05) is 48.5 Å². The molecular weight excluding hydrogens is 358 g/mol. The Kier molecular flexibility index (Phi) is 5.91. The Morgan fingerprint density at radius 2 is 1.89 bits per heavy atom. The smallest absolute Gasteiger partial charge is 0.290 e. The van der Waals surface area contributed by atoms with Crippen LogP contribution in [0.1, 0.15) is 17.2 Å². The van der Waals surface area contributed by atoms with Gasteiger partial charge in [-0.2, -0.15) is 0 Å². The number of ether oxygens (including phenoxy) is 1. The maximum Gasteiger partial charge on any atom is 0.290 e. The second-order valence-corrected chi connectivity index (χ2v) is 6.36. The summed E-state index contributed by atoms with van der Waals surface area (Å²) in [4.78, 5) is 26.9. The molecule has 0 saturated heterocycles. The van der Waals surface area contributed by atoms with Crippen molar-refractivity contribution in [3.63, 3.8) is 0 Å². The van der Waals surface area contributed by atoms with E-state index >= 15 is 0 Å². The second kappa shape index (κ2) is 8.54. The lowest BCUT2D eigenvalue weighted by Crippen LogP contribution is -2.33. The molecule has 1 heterocycles. The van der Waals surface area contributed by atoms with Gasteiger partial charge in [-0.3, -0.25) is 9.59 Å². The first-order valence-electron chi connectivity index (χ1n) is 8.82. The van der Waals surface area contributed by atoms with Crippen molar-refractivity contribution < 1.29 is 24.5 Å². The van der Waals surface area contributed by atoms with Gasteiger partial charge in [0, 0.05) is 13.7 Å². The Morgan fingerprint density at radius 1 is 1.14 bits per heavy atom. The number of aliphatic hydroxyl groups excluding tert-OH is 1. The van der Waals surface area contributed by atoms with Crippen LogP contribution >= 0.6 is 0 Å². The van der Waals surface area contributed by atoms with Crippen molar-refractivity contribution in [2.24, 2.45) is 0 Å². The van der Waals surface area contributed by atoms with E-state index in [1.807, 2.05) is 30.3 Å². The molecule has 0 aliphatic carbocycles. The maximum absolute atomic E-state index is 12.9. The van der Waals surface area contributed by atoms with Gasteiger partial charge in [0.05, 0.1) is 18.2 Å². The van der Waals surface area contributed by atoms with E-state index in [-0.39, 0.29) is 24.5 Å². The first-order chi connectivity index (χ1) is 13.5. The number of hydrogen-bond acceptors (Lipinski definition) is 5. The normalized spacial score (nSPS) is 17.0. The Labute approximate surface area is 163 Å². The van der Waals surface area contributed by atoms with Crippen molar-refractivity contribution in [3.05, 3.63) is 83.1 Å². The molecule has 28 heavy (non-hydrogen) atoms. The molecule has 0 aromatic heterocycles. The van der Waals surface area contributed by atoms with Crippen LogP contribution in [0.25, 0.3) is 6.08 Å². The number of phenols is 1. The average molecular weight is 379 g/mol. The quantitative estimate of drug-likeness (QED) is 0.722. The van der Waals surface area contributed by atoms with E-state index in [2.05, 4.69) is 0 Å². The molecule has 1 unspecified atom stereocenters. The third kappa shape index (κ3) is 3.97. The van der Waals surface area contributed by atoms with Crippen LogP contribution in [-0.2, 0) is 14.3 Å². The van der Waals surface area contributed by atoms with Crippen LogP contribution in [0.2, 0.25) is 0 Å². The molecule has 1 aliphatic heterocycles. The summed E-state index contributed by atoms with van der Waals surface area (Å²) in [5.74, 6) is -1.67. The number of rotatable bonds is 7. The van der Waals surface area contributed by atoms with Gasteiger partial charge in [0.1, 0.15) is 5.75 Å². The molecule has 0 saturated carbocycles. The zero-order valence-corrected chi connectivity index (χ0v) is 15.4. The molecule has 2 aromatic rings. The summed E-state index contributed by atoms with van der Waals surface area (Å²) in [5.41, 5.74) is 1.34. The number of ketones is 1. The van der Waals surface area contributed by atoms with Gasteiger partial charge >= 0.3 is 0 Å². The zero-order valence-electron chi connectivity index (χ0n) is 15.4. The third-order valence-electron chi connectivity index (χ3n) is 4.52. The summed E-state index contributed by atoms with van der Waals surface area (Å²) >= 11 is 0. The fraction of sp³-hybridized carbons (Fsp3) is 0.182. The van der Waals surface area contributed by atoms with Crippen LogP contribution < -0.4 is 0 Å². The molecule has 0 bridgehead atoms. The van der Waals surface area contributed by atoms with Crippen LogP contribution in [-0.4, -0.2) is 47.1 Å². The third-order valence-corrected chi connectivity index (χ3v) is 4.52. The lowest BCUT2D eigenvalue weighted by molar-refractivity contribution is -0.130. The Bertz CT molecular complexity index is 933. The molecule has 2 aromatic carbocycles. The molecular formula is C22H21NO5. The number of benzene rings is 2. The lowest BCUT2D eigenvalue weighted by Gasteiger charge is -2.26. The minimum atomic E-state index is -0.803. The predicted octanol–water partition coefficient (Wildman–Crippen LogP) is 3.02. The zero-order chi connectivity index (χ0) is 20.1. The SMILES string of the molecule is COCCN1C(=O)C(O)=C(C(=O)C=Cc2ccccc2)C1c1cccc(O)c1. The van der Waals surface area contributed by atoms with E-state index in [1.165, 1.54) is 30.2 Å². The Hall–Kier alpha value is -3.38. The molecule has 3 rings (SSSR count). The Balaban J connectivity index is 1.98. The van der Waals surface area contributed by atoms with Crippen molar-refractivity contribution >= 4 is 17.8 Å². The summed E-state index contributed by atoms with van der Waals surface area (Å²) in [6.07, 6.45) is 2.97. The van der Waals surface area contributed by atoms with Crippen molar-refractivity contribution in [1.29, 1.82) is 0 Å². The fourth-order valence-electron chi connectivity index (χ4n) is 3.19. The molecule has 1 amide bonds. The lowest BCUT2D eigenvalue weighted by atomic mass is 9.95. The first kappa shape index (κ1) is 19.4. The van der Waals surface area contributed by atoms with Crippen LogP contribution in [0.5, 0.6) is 5.75 Å². The number of carbonyl (C=O) groups excluding carboxylic acids is 2. The van der Waals surface area contributed by atoms with Crippen molar-refractivity contribution in [2.75, 3.05) is 20.3 Å². The molecule has 144 valence electrons. The van der Waals surface area contributed by atoms with E-state index in [4.69, 9.17) is 4.74 Å². The number of methoxy groups -OCH3 is 1. The summed E-state index contributed by atoms with van der Waals surface area (Å²) < 4.78 is 5.05. The number of hydrogen-bond donors (Lipinski definition) is 2. The van der Waals surface area contributed by atoms with Crippen LogP contribution in [0, 0.1) is 0 Å². The highest BCUT2D eigenvalue weighted by Gasteiger charge is 2.42. The van der Waals surface area contributed by atoms with E-state index in [0.29, 0.717) is 5.56 Å². The van der Waals surface area contributed by atoms with Crippen LogP contribution in [0.4, 0.5) is 0 Å². The molecule has 6 heteroatoms. The predicted molar refractivity (Wildman–Crippen MR) is 105 cm³/mol. The van der Waals surface area contributed by atoms with Crippen LogP contribution in [0.15, 0.2) is 72.0 Å². The second-order valence-electron chi connectivity index (χ2n) is 6.36. The minimum absolute atomic E-state index is 0.00894. The molecule has 0 spiro atoms. The number of allylic oxidation sites excluding steroid dienone is 1. The standard InChI is InChI=1S/C22H21NO5/c1-28-13-12-23-20(16-8-5-9-17(24)14-16)19(21(26)22(23)27)18(25)11-10-15-6-3-2-4-7-15/h2-11,14,20,24,26H,12-13H2,1H3. The monoisotopic (exact) mass is 379 g/mol. The summed E-state index contributed by atoms with van der Waals surface area (Å²) in [6.45, 7) is 0.439. The molecule has 6 nitrogen and oxygen atoms in total. The maximum atomic E-state index is 12.9. The summed E-state index contributed by atoms with van der Waals surface area (Å²) in [7, 11) is 1.51. The van der Waals surface area contributed by atoms with Gasteiger partial charge < -0.3 is 19.8 Å². The van der Waals surface area contributed by atoms with Crippen molar-refractivity contribution in [1.82, 2.24) is 4.90 Å².